The lowest BCUT2D eigenvalue weighted by atomic mass is 9.48. The largest absolute Gasteiger partial charge is 0.478 e. The predicted octanol–water partition coefficient (Wildman–Crippen LogP) is 3.13. The van der Waals surface area contributed by atoms with Gasteiger partial charge in [-0.2, -0.15) is 0 Å². The van der Waals surface area contributed by atoms with Gasteiger partial charge in [0.25, 0.3) is 0 Å². The quantitative estimate of drug-likeness (QED) is 0.516. The number of carbonyl (C=O) groups excluding carboxylic acids is 3. The van der Waals surface area contributed by atoms with Crippen LogP contribution < -0.4 is 4.90 Å². The molecule has 0 spiro atoms. The van der Waals surface area contributed by atoms with Gasteiger partial charge < -0.3 is 9.90 Å². The molecule has 3 aromatic carbocycles. The van der Waals surface area contributed by atoms with Crippen molar-refractivity contribution in [3.63, 3.8) is 0 Å². The summed E-state index contributed by atoms with van der Waals surface area (Å²) in [5.41, 5.74) is 2.24. The summed E-state index contributed by atoms with van der Waals surface area (Å²) in [5.74, 6) is -3.97. The van der Waals surface area contributed by atoms with Gasteiger partial charge in [-0.15, -0.1) is 0 Å². The molecule has 0 unspecified atom stereocenters. The Kier molecular flexibility index (Phi) is 3.64. The number of imide groups is 1. The van der Waals surface area contributed by atoms with Crippen LogP contribution in [0.5, 0.6) is 0 Å². The SMILES string of the molecule is O=CC12c3ccccc3C(c3ccccc31)[C@@H]1C(=O)N(c3cccc(C(=O)O)c3)C(=O)[C@H]12. The lowest BCUT2D eigenvalue weighted by Crippen LogP contribution is -2.54. The number of carbonyl (C=O) groups is 4. The zero-order valence-corrected chi connectivity index (χ0v) is 16.8. The molecule has 3 aliphatic carbocycles. The number of rotatable bonds is 3. The first-order valence-electron chi connectivity index (χ1n) is 10.4. The van der Waals surface area contributed by atoms with Gasteiger partial charge in [0.05, 0.1) is 28.5 Å². The van der Waals surface area contributed by atoms with Crippen molar-refractivity contribution in [2.75, 3.05) is 4.90 Å². The maximum absolute atomic E-state index is 13.8. The van der Waals surface area contributed by atoms with Crippen LogP contribution in [0.2, 0.25) is 0 Å². The van der Waals surface area contributed by atoms with Gasteiger partial charge in [-0.05, 0) is 40.5 Å². The molecule has 4 aliphatic rings. The van der Waals surface area contributed by atoms with E-state index in [0.717, 1.165) is 33.4 Å². The molecule has 1 saturated heterocycles. The Morgan fingerprint density at radius 3 is 2.09 bits per heavy atom. The highest BCUT2D eigenvalue weighted by atomic mass is 16.4. The van der Waals surface area contributed by atoms with Crippen molar-refractivity contribution in [3.8, 4) is 0 Å². The van der Waals surface area contributed by atoms with Crippen LogP contribution in [0.1, 0.15) is 38.5 Å². The van der Waals surface area contributed by atoms with E-state index in [9.17, 15) is 24.3 Å². The van der Waals surface area contributed by atoms with E-state index in [-0.39, 0.29) is 17.2 Å². The van der Waals surface area contributed by atoms with Crippen molar-refractivity contribution in [1.29, 1.82) is 0 Å². The van der Waals surface area contributed by atoms with Crippen LogP contribution in [0.4, 0.5) is 5.69 Å². The van der Waals surface area contributed by atoms with Crippen LogP contribution in [0.25, 0.3) is 0 Å². The van der Waals surface area contributed by atoms with Crippen LogP contribution in [-0.2, 0) is 19.8 Å². The number of carboxylic acids is 1. The summed E-state index contributed by atoms with van der Waals surface area (Å²) < 4.78 is 0. The maximum atomic E-state index is 13.8. The Hall–Kier alpha value is -4.06. The van der Waals surface area contributed by atoms with Crippen molar-refractivity contribution in [1.82, 2.24) is 0 Å². The minimum atomic E-state index is -1.27. The Morgan fingerprint density at radius 2 is 1.50 bits per heavy atom. The number of aromatic carboxylic acids is 1. The molecule has 2 atom stereocenters. The van der Waals surface area contributed by atoms with Gasteiger partial charge in [0.15, 0.2) is 0 Å². The van der Waals surface area contributed by atoms with Crippen molar-refractivity contribution in [3.05, 3.63) is 101 Å². The van der Waals surface area contributed by atoms with Crippen LogP contribution >= 0.6 is 0 Å². The molecule has 1 aliphatic heterocycles. The van der Waals surface area contributed by atoms with Crippen LogP contribution in [0, 0.1) is 11.8 Å². The zero-order chi connectivity index (χ0) is 22.2. The van der Waals surface area contributed by atoms with E-state index in [2.05, 4.69) is 0 Å². The smallest absolute Gasteiger partial charge is 0.335 e. The van der Waals surface area contributed by atoms with Crippen molar-refractivity contribution >= 4 is 29.8 Å². The molecule has 1 heterocycles. The number of amides is 2. The standard InChI is InChI=1S/C26H17NO5/c28-13-26-18-10-3-1-8-16(18)20(17-9-2-4-11-19(17)26)21-22(26)24(30)27(23(21)29)15-7-5-6-14(12-15)25(31)32/h1-13,20-22H,(H,31,32)/t20?,21-,22-,26?/m0/s1. The molecular formula is C26H17NO5. The van der Waals surface area contributed by atoms with Gasteiger partial charge >= 0.3 is 5.97 Å². The highest BCUT2D eigenvalue weighted by Crippen LogP contribution is 2.63. The summed E-state index contributed by atoms with van der Waals surface area (Å²) in [6.45, 7) is 0. The number of nitrogens with zero attached hydrogens (tertiary/aromatic N) is 1. The fourth-order valence-corrected chi connectivity index (χ4v) is 6.06. The summed E-state index contributed by atoms with van der Waals surface area (Å²) in [6, 6.07) is 20.8. The highest BCUT2D eigenvalue weighted by Gasteiger charge is 2.68. The topological polar surface area (TPSA) is 91.8 Å². The van der Waals surface area contributed by atoms with Gasteiger partial charge in [0, 0.05) is 5.92 Å². The van der Waals surface area contributed by atoms with Crippen molar-refractivity contribution in [2.24, 2.45) is 11.8 Å². The number of hydrogen-bond acceptors (Lipinski definition) is 4. The summed E-state index contributed by atoms with van der Waals surface area (Å²) >= 11 is 0. The Morgan fingerprint density at radius 1 is 0.875 bits per heavy atom. The summed E-state index contributed by atoms with van der Waals surface area (Å²) in [5, 5.41) is 9.37. The molecule has 6 nitrogen and oxygen atoms in total. The average Bonchev–Trinajstić information content (AvgIpc) is 3.10. The number of benzene rings is 3. The third-order valence-corrected chi connectivity index (χ3v) is 7.22. The predicted molar refractivity (Wildman–Crippen MR) is 114 cm³/mol. The van der Waals surface area contributed by atoms with Crippen LogP contribution in [0.15, 0.2) is 72.8 Å². The molecule has 32 heavy (non-hydrogen) atoms. The summed E-state index contributed by atoms with van der Waals surface area (Å²) in [4.78, 5) is 53.0. The molecule has 1 N–H and O–H groups in total. The third-order valence-electron chi connectivity index (χ3n) is 7.22. The molecule has 3 aromatic rings. The van der Waals surface area contributed by atoms with E-state index in [4.69, 9.17) is 0 Å². The summed E-state index contributed by atoms with van der Waals surface area (Å²) in [7, 11) is 0. The maximum Gasteiger partial charge on any atom is 0.335 e. The fraction of sp³-hybridized carbons (Fsp3) is 0.154. The first-order chi connectivity index (χ1) is 15.5. The minimum absolute atomic E-state index is 0.0161. The molecule has 0 aromatic heterocycles. The molecule has 156 valence electrons. The Labute approximate surface area is 183 Å². The van der Waals surface area contributed by atoms with Gasteiger partial charge in [-0.3, -0.25) is 9.59 Å². The lowest BCUT2D eigenvalue weighted by molar-refractivity contribution is -0.128. The van der Waals surface area contributed by atoms with Crippen molar-refractivity contribution < 1.29 is 24.3 Å². The number of anilines is 1. The van der Waals surface area contributed by atoms with E-state index < -0.39 is 35.0 Å². The lowest BCUT2D eigenvalue weighted by Gasteiger charge is -2.51. The van der Waals surface area contributed by atoms with Crippen LogP contribution in [-0.4, -0.2) is 29.2 Å². The molecule has 2 bridgehead atoms. The van der Waals surface area contributed by atoms with Gasteiger partial charge in [0.1, 0.15) is 6.29 Å². The monoisotopic (exact) mass is 423 g/mol. The van der Waals surface area contributed by atoms with E-state index in [1.54, 1.807) is 6.07 Å². The Bertz CT molecular complexity index is 1310. The first-order valence-corrected chi connectivity index (χ1v) is 10.4. The summed E-state index contributed by atoms with van der Waals surface area (Å²) in [6.07, 6.45) is 0.820. The molecule has 7 rings (SSSR count). The third kappa shape index (κ3) is 2.04. The molecule has 2 amide bonds. The number of aldehydes is 1. The number of carboxylic acid groups (broad SMARTS) is 1. The molecule has 1 fully saturated rings. The van der Waals surface area contributed by atoms with E-state index in [0.29, 0.717) is 0 Å². The van der Waals surface area contributed by atoms with Gasteiger partial charge in [-0.1, -0.05) is 54.6 Å². The second-order valence-electron chi connectivity index (χ2n) is 8.51. The van der Waals surface area contributed by atoms with E-state index >= 15 is 0 Å². The van der Waals surface area contributed by atoms with Gasteiger partial charge in [0.2, 0.25) is 11.8 Å². The Balaban J connectivity index is 1.61. The van der Waals surface area contributed by atoms with E-state index in [1.807, 2.05) is 48.5 Å². The average molecular weight is 423 g/mol. The normalized spacial score (nSPS) is 27.0. The fourth-order valence-electron chi connectivity index (χ4n) is 6.06. The minimum Gasteiger partial charge on any atom is -0.478 e. The molecular weight excluding hydrogens is 406 g/mol. The van der Waals surface area contributed by atoms with Gasteiger partial charge in [-0.25, -0.2) is 9.69 Å². The van der Waals surface area contributed by atoms with E-state index in [1.165, 1.54) is 18.2 Å². The van der Waals surface area contributed by atoms with Crippen molar-refractivity contribution in [2.45, 2.75) is 11.3 Å². The highest BCUT2D eigenvalue weighted by molar-refractivity contribution is 6.25. The second kappa shape index (κ2) is 6.23. The molecule has 0 radical (unpaired) electrons. The molecule has 6 heteroatoms. The first kappa shape index (κ1) is 18.7. The second-order valence-corrected chi connectivity index (χ2v) is 8.51. The molecule has 0 saturated carbocycles. The zero-order valence-electron chi connectivity index (χ0n) is 16.8. The number of hydrogen-bond donors (Lipinski definition) is 1. The van der Waals surface area contributed by atoms with Crippen LogP contribution in [0.3, 0.4) is 0 Å².